The van der Waals surface area contributed by atoms with Gasteiger partial charge >= 0.3 is 5.97 Å². The summed E-state index contributed by atoms with van der Waals surface area (Å²) in [6, 6.07) is 9.48. The Hall–Kier alpha value is -2.80. The first-order chi connectivity index (χ1) is 11.5. The molecule has 0 spiro atoms. The van der Waals surface area contributed by atoms with Gasteiger partial charge in [0.25, 0.3) is 0 Å². The topological polar surface area (TPSA) is 68.0 Å². The number of hydrogen-bond donors (Lipinski definition) is 1. The lowest BCUT2D eigenvalue weighted by Gasteiger charge is -2.09. The van der Waals surface area contributed by atoms with Crippen molar-refractivity contribution < 1.29 is 18.7 Å². The number of benzene rings is 2. The first-order valence-electron chi connectivity index (χ1n) is 6.82. The van der Waals surface area contributed by atoms with E-state index in [-0.39, 0.29) is 23.5 Å². The summed E-state index contributed by atoms with van der Waals surface area (Å²) in [6.07, 6.45) is 0. The van der Waals surface area contributed by atoms with Gasteiger partial charge in [0.15, 0.2) is 5.69 Å². The Balaban J connectivity index is 2.12. The molecule has 0 saturated carbocycles. The van der Waals surface area contributed by atoms with Crippen LogP contribution in [-0.4, -0.2) is 26.1 Å². The Kier molecular flexibility index (Phi) is 4.26. The van der Waals surface area contributed by atoms with Gasteiger partial charge in [0.1, 0.15) is 17.3 Å². The van der Waals surface area contributed by atoms with E-state index in [9.17, 15) is 18.7 Å². The van der Waals surface area contributed by atoms with Crippen molar-refractivity contribution in [2.24, 2.45) is 0 Å². The van der Waals surface area contributed by atoms with Crippen molar-refractivity contribution in [3.63, 3.8) is 0 Å². The monoisotopic (exact) mass is 349 g/mol. The van der Waals surface area contributed by atoms with Crippen molar-refractivity contribution in [3.8, 4) is 11.3 Å². The number of carboxylic acid groups (broad SMARTS) is 1. The average Bonchev–Trinajstić information content (AvgIpc) is 2.95. The second kappa shape index (κ2) is 6.37. The molecule has 0 aliphatic rings. The van der Waals surface area contributed by atoms with Gasteiger partial charge in [0.05, 0.1) is 6.54 Å². The maximum Gasteiger partial charge on any atom is 0.358 e. The average molecular weight is 350 g/mol. The summed E-state index contributed by atoms with van der Waals surface area (Å²) in [6.45, 7) is -0.175. The van der Waals surface area contributed by atoms with Crippen molar-refractivity contribution in [1.82, 2.24) is 15.0 Å². The Morgan fingerprint density at radius 3 is 2.71 bits per heavy atom. The molecule has 3 aromatic rings. The second-order valence-corrected chi connectivity index (χ2v) is 5.43. The minimum absolute atomic E-state index is 0.0279. The van der Waals surface area contributed by atoms with E-state index in [1.165, 1.54) is 4.68 Å². The fraction of sp³-hybridized carbons (Fsp3) is 0.0625. The van der Waals surface area contributed by atoms with Crippen LogP contribution in [0.2, 0.25) is 5.02 Å². The molecule has 0 radical (unpaired) electrons. The van der Waals surface area contributed by atoms with Crippen molar-refractivity contribution >= 4 is 17.6 Å². The number of nitrogens with zero attached hydrogens (tertiary/aromatic N) is 3. The van der Waals surface area contributed by atoms with Crippen LogP contribution in [0.3, 0.4) is 0 Å². The van der Waals surface area contributed by atoms with Crippen LogP contribution < -0.4 is 0 Å². The highest BCUT2D eigenvalue weighted by Crippen LogP contribution is 2.26. The van der Waals surface area contributed by atoms with Crippen LogP contribution in [0.25, 0.3) is 11.3 Å². The lowest BCUT2D eigenvalue weighted by molar-refractivity contribution is 0.0691. The predicted octanol–water partition coefficient (Wildman–Crippen LogP) is 3.62. The molecule has 1 N–H and O–H groups in total. The summed E-state index contributed by atoms with van der Waals surface area (Å²) < 4.78 is 28.4. The highest BCUT2D eigenvalue weighted by Gasteiger charge is 2.21. The van der Waals surface area contributed by atoms with Gasteiger partial charge in [-0.3, -0.25) is 0 Å². The molecule has 1 heterocycles. The van der Waals surface area contributed by atoms with Gasteiger partial charge in [-0.2, -0.15) is 0 Å². The van der Waals surface area contributed by atoms with E-state index in [0.29, 0.717) is 10.6 Å². The fourth-order valence-electron chi connectivity index (χ4n) is 2.32. The molecule has 8 heteroatoms. The Morgan fingerprint density at radius 2 is 2.00 bits per heavy atom. The zero-order valence-electron chi connectivity index (χ0n) is 12.1. The van der Waals surface area contributed by atoms with Crippen LogP contribution >= 0.6 is 11.6 Å². The smallest absolute Gasteiger partial charge is 0.358 e. The first-order valence-corrected chi connectivity index (χ1v) is 7.20. The molecule has 0 unspecified atom stereocenters. The number of aromatic nitrogens is 3. The highest BCUT2D eigenvalue weighted by atomic mass is 35.5. The van der Waals surface area contributed by atoms with Gasteiger partial charge in [-0.25, -0.2) is 18.3 Å². The lowest BCUT2D eigenvalue weighted by atomic mass is 10.1. The van der Waals surface area contributed by atoms with E-state index >= 15 is 0 Å². The van der Waals surface area contributed by atoms with Gasteiger partial charge in [-0.15, -0.1) is 5.10 Å². The van der Waals surface area contributed by atoms with Crippen molar-refractivity contribution in [2.75, 3.05) is 0 Å². The van der Waals surface area contributed by atoms with E-state index in [4.69, 9.17) is 11.6 Å². The predicted molar refractivity (Wildman–Crippen MR) is 82.9 cm³/mol. The van der Waals surface area contributed by atoms with Crippen LogP contribution in [0, 0.1) is 11.6 Å². The van der Waals surface area contributed by atoms with Crippen LogP contribution in [0.4, 0.5) is 8.78 Å². The second-order valence-electron chi connectivity index (χ2n) is 5.00. The molecule has 5 nitrogen and oxygen atoms in total. The number of rotatable bonds is 4. The third kappa shape index (κ3) is 3.11. The number of halogens is 3. The number of aromatic carboxylic acids is 1. The maximum absolute atomic E-state index is 13.9. The van der Waals surface area contributed by atoms with Gasteiger partial charge in [0, 0.05) is 16.1 Å². The first kappa shape index (κ1) is 16.1. The zero-order chi connectivity index (χ0) is 17.3. The van der Waals surface area contributed by atoms with Crippen molar-refractivity contribution in [2.45, 2.75) is 6.54 Å². The number of carbonyl (C=O) groups is 1. The van der Waals surface area contributed by atoms with Gasteiger partial charge in [0.2, 0.25) is 0 Å². The van der Waals surface area contributed by atoms with Crippen LogP contribution in [0.1, 0.15) is 16.1 Å². The molecule has 122 valence electrons. The van der Waals surface area contributed by atoms with E-state index in [0.717, 1.165) is 18.2 Å². The standard InChI is InChI=1S/C16H10ClF2N3O2/c17-11-3-1-2-9(6-11)15-14(16(23)24)20-21-22(15)8-10-7-12(18)4-5-13(10)19/h1-7H,8H2,(H,23,24). The molecule has 3 rings (SSSR count). The Labute approximate surface area is 140 Å². The molecule has 1 aromatic heterocycles. The molecule has 0 aliphatic heterocycles. The van der Waals surface area contributed by atoms with Gasteiger partial charge in [-0.1, -0.05) is 28.9 Å². The highest BCUT2D eigenvalue weighted by molar-refractivity contribution is 6.30. The summed E-state index contributed by atoms with van der Waals surface area (Å²) in [7, 11) is 0. The normalized spacial score (nSPS) is 10.8. The van der Waals surface area contributed by atoms with Gasteiger partial charge in [-0.05, 0) is 30.3 Å². The quantitative estimate of drug-likeness (QED) is 0.781. The van der Waals surface area contributed by atoms with E-state index in [1.54, 1.807) is 24.3 Å². The third-order valence-corrected chi connectivity index (χ3v) is 3.60. The van der Waals surface area contributed by atoms with E-state index in [1.807, 2.05) is 0 Å². The minimum atomic E-state index is -1.28. The molecule has 24 heavy (non-hydrogen) atoms. The molecule has 0 aliphatic carbocycles. The summed E-state index contributed by atoms with van der Waals surface area (Å²) in [5.41, 5.74) is 0.351. The minimum Gasteiger partial charge on any atom is -0.476 e. The molecule has 0 amide bonds. The summed E-state index contributed by atoms with van der Waals surface area (Å²) in [5.74, 6) is -2.51. The maximum atomic E-state index is 13.9. The van der Waals surface area contributed by atoms with Gasteiger partial charge < -0.3 is 5.11 Å². The Morgan fingerprint density at radius 1 is 1.21 bits per heavy atom. The fourth-order valence-corrected chi connectivity index (χ4v) is 2.51. The Bertz CT molecular complexity index is 927. The molecular weight excluding hydrogens is 340 g/mol. The molecule has 0 saturated heterocycles. The van der Waals surface area contributed by atoms with Crippen molar-refractivity contribution in [1.29, 1.82) is 0 Å². The van der Waals surface area contributed by atoms with E-state index < -0.39 is 17.6 Å². The number of carboxylic acids is 1. The molecule has 0 atom stereocenters. The molecule has 0 fully saturated rings. The number of hydrogen-bond acceptors (Lipinski definition) is 3. The SMILES string of the molecule is O=C(O)c1nnn(Cc2cc(F)ccc2F)c1-c1cccc(Cl)c1. The van der Waals surface area contributed by atoms with Crippen LogP contribution in [-0.2, 0) is 6.54 Å². The summed E-state index contributed by atoms with van der Waals surface area (Å²) >= 11 is 5.95. The lowest BCUT2D eigenvalue weighted by Crippen LogP contribution is -2.08. The van der Waals surface area contributed by atoms with Crippen molar-refractivity contribution in [3.05, 3.63) is 70.4 Å². The molecule has 2 aromatic carbocycles. The van der Waals surface area contributed by atoms with E-state index in [2.05, 4.69) is 10.3 Å². The third-order valence-electron chi connectivity index (χ3n) is 3.36. The molecule has 0 bridgehead atoms. The summed E-state index contributed by atoms with van der Waals surface area (Å²) in [4.78, 5) is 11.4. The summed E-state index contributed by atoms with van der Waals surface area (Å²) in [5, 5.41) is 17.1. The van der Waals surface area contributed by atoms with Crippen LogP contribution in [0.15, 0.2) is 42.5 Å². The molecular formula is C16H10ClF2N3O2. The van der Waals surface area contributed by atoms with Crippen LogP contribution in [0.5, 0.6) is 0 Å². The zero-order valence-corrected chi connectivity index (χ0v) is 12.8. The largest absolute Gasteiger partial charge is 0.476 e.